The molecule has 1 aromatic heterocycles. The maximum absolute atomic E-state index is 6.18. The fourth-order valence-electron chi connectivity index (χ4n) is 1.62. The molecule has 0 aromatic carbocycles. The van der Waals surface area contributed by atoms with Crippen LogP contribution >= 0.6 is 11.3 Å². The van der Waals surface area contributed by atoms with E-state index in [0.29, 0.717) is 5.92 Å². The predicted molar refractivity (Wildman–Crippen MR) is 60.1 cm³/mol. The second-order valence-electron chi connectivity index (χ2n) is 3.76. The average molecular weight is 197 g/mol. The van der Waals surface area contributed by atoms with E-state index in [1.807, 2.05) is 0 Å². The molecule has 1 aromatic rings. The molecular formula is C11H19NS. The van der Waals surface area contributed by atoms with Gasteiger partial charge in [-0.2, -0.15) is 0 Å². The SMILES string of the molecule is CCCC(C)C(N)c1sccc1C. The van der Waals surface area contributed by atoms with Crippen molar-refractivity contribution in [1.82, 2.24) is 0 Å². The molecular weight excluding hydrogens is 178 g/mol. The largest absolute Gasteiger partial charge is 0.323 e. The molecule has 0 fully saturated rings. The normalized spacial score (nSPS) is 15.7. The quantitative estimate of drug-likeness (QED) is 0.785. The number of rotatable bonds is 4. The minimum absolute atomic E-state index is 0.236. The fourth-order valence-corrected chi connectivity index (χ4v) is 2.68. The van der Waals surface area contributed by atoms with Crippen LogP contribution in [-0.2, 0) is 0 Å². The van der Waals surface area contributed by atoms with Gasteiger partial charge in [-0.15, -0.1) is 11.3 Å². The van der Waals surface area contributed by atoms with Gasteiger partial charge in [-0.25, -0.2) is 0 Å². The Morgan fingerprint density at radius 1 is 1.54 bits per heavy atom. The lowest BCUT2D eigenvalue weighted by atomic mass is 9.95. The van der Waals surface area contributed by atoms with Crippen LogP contribution in [0.4, 0.5) is 0 Å². The van der Waals surface area contributed by atoms with Crippen molar-refractivity contribution in [1.29, 1.82) is 0 Å². The smallest absolute Gasteiger partial charge is 0.0418 e. The Balaban J connectivity index is 2.67. The second-order valence-corrected chi connectivity index (χ2v) is 4.71. The van der Waals surface area contributed by atoms with Crippen molar-refractivity contribution in [3.05, 3.63) is 21.9 Å². The van der Waals surface area contributed by atoms with Crippen molar-refractivity contribution < 1.29 is 0 Å². The molecule has 1 rings (SSSR count). The Bertz CT molecular complexity index is 254. The van der Waals surface area contributed by atoms with Crippen LogP contribution in [-0.4, -0.2) is 0 Å². The first-order valence-corrected chi connectivity index (χ1v) is 5.84. The maximum Gasteiger partial charge on any atom is 0.0418 e. The summed E-state index contributed by atoms with van der Waals surface area (Å²) in [6.45, 7) is 6.60. The summed E-state index contributed by atoms with van der Waals surface area (Å²) in [5, 5.41) is 2.13. The fraction of sp³-hybridized carbons (Fsp3) is 0.636. The van der Waals surface area contributed by atoms with Crippen LogP contribution in [0.1, 0.15) is 43.2 Å². The Morgan fingerprint density at radius 3 is 2.69 bits per heavy atom. The van der Waals surface area contributed by atoms with E-state index in [1.54, 1.807) is 11.3 Å². The minimum atomic E-state index is 0.236. The van der Waals surface area contributed by atoms with Gasteiger partial charge in [-0.1, -0.05) is 20.3 Å². The predicted octanol–water partition coefficient (Wildman–Crippen LogP) is 3.49. The molecule has 2 atom stereocenters. The summed E-state index contributed by atoms with van der Waals surface area (Å²) < 4.78 is 0. The summed E-state index contributed by atoms with van der Waals surface area (Å²) in [6.07, 6.45) is 2.44. The Labute approximate surface area is 85.0 Å². The molecule has 1 heterocycles. The van der Waals surface area contributed by atoms with Crippen LogP contribution in [0.3, 0.4) is 0 Å². The topological polar surface area (TPSA) is 26.0 Å². The highest BCUT2D eigenvalue weighted by molar-refractivity contribution is 7.10. The first-order chi connectivity index (χ1) is 6.16. The minimum Gasteiger partial charge on any atom is -0.323 e. The molecule has 0 spiro atoms. The van der Waals surface area contributed by atoms with Crippen molar-refractivity contribution in [3.63, 3.8) is 0 Å². The first-order valence-electron chi connectivity index (χ1n) is 4.96. The zero-order valence-electron chi connectivity index (χ0n) is 8.71. The lowest BCUT2D eigenvalue weighted by molar-refractivity contribution is 0.437. The van der Waals surface area contributed by atoms with E-state index in [4.69, 9.17) is 5.73 Å². The molecule has 0 radical (unpaired) electrons. The molecule has 0 aliphatic rings. The van der Waals surface area contributed by atoms with Gasteiger partial charge in [0.25, 0.3) is 0 Å². The van der Waals surface area contributed by atoms with Crippen LogP contribution in [0.2, 0.25) is 0 Å². The van der Waals surface area contributed by atoms with Crippen molar-refractivity contribution in [3.8, 4) is 0 Å². The van der Waals surface area contributed by atoms with Gasteiger partial charge >= 0.3 is 0 Å². The summed E-state index contributed by atoms with van der Waals surface area (Å²) in [6, 6.07) is 2.39. The van der Waals surface area contributed by atoms with Crippen molar-refractivity contribution >= 4 is 11.3 Å². The number of hydrogen-bond donors (Lipinski definition) is 1. The molecule has 0 saturated heterocycles. The molecule has 2 heteroatoms. The van der Waals surface area contributed by atoms with E-state index in [0.717, 1.165) is 0 Å². The van der Waals surface area contributed by atoms with Crippen LogP contribution in [0.15, 0.2) is 11.4 Å². The second kappa shape index (κ2) is 4.77. The summed E-state index contributed by atoms with van der Waals surface area (Å²) in [5.74, 6) is 0.599. The van der Waals surface area contributed by atoms with Gasteiger partial charge < -0.3 is 5.73 Å². The average Bonchev–Trinajstić information content (AvgIpc) is 2.50. The van der Waals surface area contributed by atoms with E-state index in [-0.39, 0.29) is 6.04 Å². The molecule has 0 saturated carbocycles. The molecule has 0 aliphatic carbocycles. The third-order valence-electron chi connectivity index (χ3n) is 2.56. The van der Waals surface area contributed by atoms with E-state index >= 15 is 0 Å². The highest BCUT2D eigenvalue weighted by Gasteiger charge is 2.16. The molecule has 2 unspecified atom stereocenters. The van der Waals surface area contributed by atoms with Crippen LogP contribution in [0.5, 0.6) is 0 Å². The third-order valence-corrected chi connectivity index (χ3v) is 3.68. The number of aryl methyl sites for hydroxylation is 1. The highest BCUT2D eigenvalue weighted by atomic mass is 32.1. The van der Waals surface area contributed by atoms with E-state index < -0.39 is 0 Å². The Morgan fingerprint density at radius 2 is 2.23 bits per heavy atom. The van der Waals surface area contributed by atoms with Gasteiger partial charge in [-0.3, -0.25) is 0 Å². The Kier molecular flexibility index (Phi) is 3.94. The van der Waals surface area contributed by atoms with Gasteiger partial charge in [0, 0.05) is 10.9 Å². The molecule has 0 aliphatic heterocycles. The highest BCUT2D eigenvalue weighted by Crippen LogP contribution is 2.29. The van der Waals surface area contributed by atoms with E-state index in [2.05, 4.69) is 32.2 Å². The molecule has 0 amide bonds. The lowest BCUT2D eigenvalue weighted by Crippen LogP contribution is -2.18. The molecule has 2 N–H and O–H groups in total. The third kappa shape index (κ3) is 2.55. The van der Waals surface area contributed by atoms with Crippen molar-refractivity contribution in [2.45, 2.75) is 39.7 Å². The first kappa shape index (κ1) is 10.7. The van der Waals surface area contributed by atoms with Crippen LogP contribution in [0, 0.1) is 12.8 Å². The molecule has 74 valence electrons. The molecule has 13 heavy (non-hydrogen) atoms. The summed E-state index contributed by atoms with van der Waals surface area (Å²) in [7, 11) is 0. The van der Waals surface area contributed by atoms with Gasteiger partial charge in [0.1, 0.15) is 0 Å². The van der Waals surface area contributed by atoms with E-state index in [9.17, 15) is 0 Å². The van der Waals surface area contributed by atoms with E-state index in [1.165, 1.54) is 23.3 Å². The number of thiophene rings is 1. The van der Waals surface area contributed by atoms with Crippen LogP contribution < -0.4 is 5.73 Å². The molecule has 0 bridgehead atoms. The monoisotopic (exact) mass is 197 g/mol. The maximum atomic E-state index is 6.18. The van der Waals surface area contributed by atoms with Gasteiger partial charge in [-0.05, 0) is 36.3 Å². The standard InChI is InChI=1S/C11H19NS/c1-4-5-8(2)10(12)11-9(3)6-7-13-11/h6-8,10H,4-5,12H2,1-3H3. The van der Waals surface area contributed by atoms with Gasteiger partial charge in [0.15, 0.2) is 0 Å². The zero-order chi connectivity index (χ0) is 9.84. The summed E-state index contributed by atoms with van der Waals surface area (Å²) in [5.41, 5.74) is 7.53. The van der Waals surface area contributed by atoms with Crippen molar-refractivity contribution in [2.24, 2.45) is 11.7 Å². The van der Waals surface area contributed by atoms with Crippen LogP contribution in [0.25, 0.3) is 0 Å². The number of nitrogens with two attached hydrogens (primary N) is 1. The lowest BCUT2D eigenvalue weighted by Gasteiger charge is -2.18. The zero-order valence-corrected chi connectivity index (χ0v) is 9.53. The van der Waals surface area contributed by atoms with Crippen molar-refractivity contribution in [2.75, 3.05) is 0 Å². The van der Waals surface area contributed by atoms with Gasteiger partial charge in [0.05, 0.1) is 0 Å². The summed E-state index contributed by atoms with van der Waals surface area (Å²) in [4.78, 5) is 1.36. The number of hydrogen-bond acceptors (Lipinski definition) is 2. The summed E-state index contributed by atoms with van der Waals surface area (Å²) >= 11 is 1.79. The Hall–Kier alpha value is -0.340. The van der Waals surface area contributed by atoms with Gasteiger partial charge in [0.2, 0.25) is 0 Å². The molecule has 1 nitrogen and oxygen atoms in total.